The lowest BCUT2D eigenvalue weighted by Gasteiger charge is -2.21. The zero-order valence-electron chi connectivity index (χ0n) is 7.40. The molecule has 0 spiro atoms. The molecule has 1 heterocycles. The fourth-order valence-corrected chi connectivity index (χ4v) is 2.99. The maximum atomic E-state index is 10.4. The molecule has 6 heteroatoms. The van der Waals surface area contributed by atoms with Crippen LogP contribution in [-0.4, -0.2) is 42.8 Å². The van der Waals surface area contributed by atoms with Gasteiger partial charge in [0.05, 0.1) is 5.75 Å². The molecule has 2 N–H and O–H groups in total. The Kier molecular flexibility index (Phi) is 4.51. The van der Waals surface area contributed by atoms with Crippen molar-refractivity contribution in [1.82, 2.24) is 5.32 Å². The molecule has 0 bridgehead atoms. The molecule has 4 nitrogen and oxygen atoms in total. The Hall–Kier alpha value is 0.220. The van der Waals surface area contributed by atoms with Crippen LogP contribution < -0.4 is 5.32 Å². The van der Waals surface area contributed by atoms with Crippen LogP contribution >= 0.6 is 11.8 Å². The number of rotatable bonds is 4. The average Bonchev–Trinajstić information content (AvgIpc) is 2.04. The highest BCUT2D eigenvalue weighted by Crippen LogP contribution is 2.18. The van der Waals surface area contributed by atoms with Crippen LogP contribution in [-0.2, 0) is 10.1 Å². The normalized spacial score (nSPS) is 24.5. The summed E-state index contributed by atoms with van der Waals surface area (Å²) in [4.78, 5) is 0. The molecular weight excluding hydrogens is 210 g/mol. The van der Waals surface area contributed by atoms with E-state index in [-0.39, 0.29) is 5.75 Å². The van der Waals surface area contributed by atoms with Crippen LogP contribution in [0.3, 0.4) is 0 Å². The first kappa shape index (κ1) is 11.3. The maximum Gasteiger partial charge on any atom is 0.264 e. The highest BCUT2D eigenvalue weighted by atomic mass is 32.2. The van der Waals surface area contributed by atoms with Crippen LogP contribution in [0.1, 0.15) is 12.8 Å². The van der Waals surface area contributed by atoms with Gasteiger partial charge in [-0.3, -0.25) is 4.55 Å². The molecule has 1 saturated heterocycles. The summed E-state index contributed by atoms with van der Waals surface area (Å²) < 4.78 is 29.3. The van der Waals surface area contributed by atoms with E-state index >= 15 is 0 Å². The predicted octanol–water partition coefficient (Wildman–Crippen LogP) is 0.359. The molecule has 0 saturated carbocycles. The van der Waals surface area contributed by atoms with Crippen LogP contribution in [0.2, 0.25) is 0 Å². The van der Waals surface area contributed by atoms with E-state index in [0.717, 1.165) is 25.3 Å². The molecule has 1 atom stereocenters. The first-order chi connectivity index (χ1) is 6.08. The van der Waals surface area contributed by atoms with Crippen LogP contribution in [0.4, 0.5) is 0 Å². The second-order valence-electron chi connectivity index (χ2n) is 3.13. The number of nitrogens with one attached hydrogen (secondary N) is 1. The fourth-order valence-electron chi connectivity index (χ4n) is 1.30. The van der Waals surface area contributed by atoms with Crippen molar-refractivity contribution in [2.24, 2.45) is 0 Å². The summed E-state index contributed by atoms with van der Waals surface area (Å²) >= 11 is 1.87. The van der Waals surface area contributed by atoms with Gasteiger partial charge in [0.2, 0.25) is 0 Å². The van der Waals surface area contributed by atoms with Crippen molar-refractivity contribution in [2.45, 2.75) is 18.1 Å². The quantitative estimate of drug-likeness (QED) is 0.676. The third-order valence-corrected chi connectivity index (χ3v) is 4.05. The van der Waals surface area contributed by atoms with Crippen molar-refractivity contribution in [2.75, 3.05) is 24.6 Å². The third kappa shape index (κ3) is 5.51. The van der Waals surface area contributed by atoms with Crippen LogP contribution in [0.15, 0.2) is 0 Å². The van der Waals surface area contributed by atoms with Gasteiger partial charge in [-0.15, -0.1) is 0 Å². The van der Waals surface area contributed by atoms with Gasteiger partial charge in [0.15, 0.2) is 0 Å². The summed E-state index contributed by atoms with van der Waals surface area (Å²) in [5.41, 5.74) is 0. The van der Waals surface area contributed by atoms with Gasteiger partial charge in [-0.05, 0) is 12.8 Å². The third-order valence-electron chi connectivity index (χ3n) is 1.93. The minimum atomic E-state index is -3.75. The van der Waals surface area contributed by atoms with Crippen molar-refractivity contribution in [1.29, 1.82) is 0 Å². The molecule has 0 radical (unpaired) electrons. The molecule has 0 aliphatic carbocycles. The Balaban J connectivity index is 2.11. The molecule has 13 heavy (non-hydrogen) atoms. The van der Waals surface area contributed by atoms with Gasteiger partial charge in [0.25, 0.3) is 10.1 Å². The van der Waals surface area contributed by atoms with Gasteiger partial charge in [-0.1, -0.05) is 0 Å². The zero-order chi connectivity index (χ0) is 9.73. The van der Waals surface area contributed by atoms with Crippen LogP contribution in [0, 0.1) is 0 Å². The highest BCUT2D eigenvalue weighted by Gasteiger charge is 2.14. The molecule has 0 aromatic heterocycles. The summed E-state index contributed by atoms with van der Waals surface area (Å²) in [6.07, 6.45) is 1.41. The Morgan fingerprint density at radius 1 is 1.54 bits per heavy atom. The summed E-state index contributed by atoms with van der Waals surface area (Å²) in [7, 11) is -3.75. The van der Waals surface area contributed by atoms with Crippen molar-refractivity contribution in [3.63, 3.8) is 0 Å². The topological polar surface area (TPSA) is 66.4 Å². The molecule has 1 aliphatic heterocycles. The molecule has 78 valence electrons. The van der Waals surface area contributed by atoms with Gasteiger partial charge >= 0.3 is 0 Å². The molecule has 1 rings (SSSR count). The average molecular weight is 225 g/mol. The van der Waals surface area contributed by atoms with E-state index in [2.05, 4.69) is 5.32 Å². The molecule has 0 amide bonds. The molecule has 1 fully saturated rings. The second-order valence-corrected chi connectivity index (χ2v) is 6.11. The van der Waals surface area contributed by atoms with Crippen molar-refractivity contribution in [3.8, 4) is 0 Å². The van der Waals surface area contributed by atoms with E-state index in [4.69, 9.17) is 4.55 Å². The minimum Gasteiger partial charge on any atom is -0.315 e. The van der Waals surface area contributed by atoms with E-state index in [9.17, 15) is 8.42 Å². The van der Waals surface area contributed by atoms with Gasteiger partial charge in [0, 0.05) is 24.1 Å². The molecule has 0 aromatic carbocycles. The van der Waals surface area contributed by atoms with Crippen molar-refractivity contribution >= 4 is 21.9 Å². The van der Waals surface area contributed by atoms with E-state index in [1.54, 1.807) is 0 Å². The standard InChI is InChI=1S/C7H15NO3S2/c9-13(10,11)5-1-2-7-6-8-3-4-12-7/h7-8H,1-6H2,(H,9,10,11). The van der Waals surface area contributed by atoms with E-state index < -0.39 is 10.1 Å². The highest BCUT2D eigenvalue weighted by molar-refractivity contribution is 8.00. The number of hydrogen-bond acceptors (Lipinski definition) is 4. The predicted molar refractivity (Wildman–Crippen MR) is 54.8 cm³/mol. The summed E-state index contributed by atoms with van der Waals surface area (Å²) in [6, 6.07) is 0. The summed E-state index contributed by atoms with van der Waals surface area (Å²) in [6.45, 7) is 2.00. The Labute approximate surface area is 83.2 Å². The number of hydrogen-bond donors (Lipinski definition) is 2. The van der Waals surface area contributed by atoms with Gasteiger partial charge < -0.3 is 5.32 Å². The largest absolute Gasteiger partial charge is 0.315 e. The lowest BCUT2D eigenvalue weighted by molar-refractivity contribution is 0.479. The van der Waals surface area contributed by atoms with Gasteiger partial charge in [-0.25, -0.2) is 0 Å². The minimum absolute atomic E-state index is 0.107. The Morgan fingerprint density at radius 3 is 2.85 bits per heavy atom. The fraction of sp³-hybridized carbons (Fsp3) is 1.00. The molecule has 1 unspecified atom stereocenters. The van der Waals surface area contributed by atoms with Crippen LogP contribution in [0.25, 0.3) is 0 Å². The zero-order valence-corrected chi connectivity index (χ0v) is 9.03. The van der Waals surface area contributed by atoms with E-state index in [0.29, 0.717) is 11.7 Å². The van der Waals surface area contributed by atoms with E-state index in [1.165, 1.54) is 0 Å². The van der Waals surface area contributed by atoms with Crippen molar-refractivity contribution < 1.29 is 13.0 Å². The molecule has 1 aliphatic rings. The first-order valence-corrected chi connectivity index (χ1v) is 7.01. The monoisotopic (exact) mass is 225 g/mol. The smallest absolute Gasteiger partial charge is 0.264 e. The second kappa shape index (κ2) is 5.19. The summed E-state index contributed by atoms with van der Waals surface area (Å²) in [5.74, 6) is 0.987. The molecular formula is C7H15NO3S2. The van der Waals surface area contributed by atoms with Crippen molar-refractivity contribution in [3.05, 3.63) is 0 Å². The lowest BCUT2D eigenvalue weighted by Crippen LogP contribution is -2.32. The van der Waals surface area contributed by atoms with Crippen LogP contribution in [0.5, 0.6) is 0 Å². The lowest BCUT2D eigenvalue weighted by atomic mass is 10.2. The van der Waals surface area contributed by atoms with Gasteiger partial charge in [0.1, 0.15) is 0 Å². The van der Waals surface area contributed by atoms with Gasteiger partial charge in [-0.2, -0.15) is 20.2 Å². The number of thioether (sulfide) groups is 1. The maximum absolute atomic E-state index is 10.4. The Morgan fingerprint density at radius 2 is 2.31 bits per heavy atom. The Bertz CT molecular complexity index is 234. The molecule has 0 aromatic rings. The first-order valence-electron chi connectivity index (χ1n) is 4.35. The summed E-state index contributed by atoms with van der Waals surface area (Å²) in [5, 5.41) is 3.76. The van der Waals surface area contributed by atoms with E-state index in [1.807, 2.05) is 11.8 Å². The SMILES string of the molecule is O=S(=O)(O)CCCC1CNCCS1.